The minimum Gasteiger partial charge on any atom is -0.314 e. The molecule has 0 amide bonds. The van der Waals surface area contributed by atoms with Gasteiger partial charge in [-0.25, -0.2) is 4.79 Å². The fraction of sp³-hybridized carbons (Fsp3) is 0.583. The van der Waals surface area contributed by atoms with Crippen LogP contribution in [0, 0.1) is 16.7 Å². The summed E-state index contributed by atoms with van der Waals surface area (Å²) in [6.45, 7) is 4.17. The Morgan fingerprint density at radius 1 is 1.41 bits per heavy atom. The van der Waals surface area contributed by atoms with Gasteiger partial charge in [-0.15, -0.1) is 0 Å². The highest BCUT2D eigenvalue weighted by atomic mass is 16.2. The van der Waals surface area contributed by atoms with Gasteiger partial charge in [0.1, 0.15) is 0 Å². The normalized spacial score (nSPS) is 11.1. The second kappa shape index (κ2) is 5.48. The third kappa shape index (κ3) is 3.91. The molecule has 92 valence electrons. The molecular weight excluding hydrogens is 218 g/mol. The highest BCUT2D eigenvalue weighted by molar-refractivity contribution is 4.91. The van der Waals surface area contributed by atoms with Gasteiger partial charge < -0.3 is 4.98 Å². The zero-order valence-corrected chi connectivity index (χ0v) is 10.2. The fourth-order valence-electron chi connectivity index (χ4n) is 1.56. The smallest absolute Gasteiger partial charge is 0.314 e. The molecule has 17 heavy (non-hydrogen) atoms. The van der Waals surface area contributed by atoms with Gasteiger partial charge in [0.05, 0.1) is 11.5 Å². The van der Waals surface area contributed by atoms with Gasteiger partial charge in [-0.05, 0) is 26.7 Å². The Bertz CT molecular complexity index is 491. The Hall–Kier alpha value is -1.83. The lowest BCUT2D eigenvalue weighted by atomic mass is 9.89. The number of unbranched alkanes of at least 4 members (excludes halogenated alkanes) is 1. The van der Waals surface area contributed by atoms with Crippen molar-refractivity contribution in [2.45, 2.75) is 39.7 Å². The molecule has 0 spiro atoms. The molecule has 0 aliphatic rings. The van der Waals surface area contributed by atoms with Crippen molar-refractivity contribution in [2.24, 2.45) is 5.41 Å². The zero-order valence-electron chi connectivity index (χ0n) is 10.2. The maximum atomic E-state index is 11.4. The van der Waals surface area contributed by atoms with Crippen molar-refractivity contribution in [3.63, 3.8) is 0 Å². The van der Waals surface area contributed by atoms with Crippen LogP contribution in [0.15, 0.2) is 21.9 Å². The molecule has 1 heterocycles. The van der Waals surface area contributed by atoms with Crippen LogP contribution in [0.1, 0.15) is 33.1 Å². The van der Waals surface area contributed by atoms with E-state index in [2.05, 4.69) is 11.1 Å². The Morgan fingerprint density at radius 3 is 2.71 bits per heavy atom. The third-order valence-corrected chi connectivity index (χ3v) is 2.68. The molecule has 0 saturated carbocycles. The third-order valence-electron chi connectivity index (χ3n) is 2.68. The molecule has 0 saturated heterocycles. The molecule has 1 rings (SSSR count). The van der Waals surface area contributed by atoms with Crippen molar-refractivity contribution < 1.29 is 0 Å². The molecule has 0 aliphatic carbocycles. The first-order valence-electron chi connectivity index (χ1n) is 5.66. The maximum Gasteiger partial charge on any atom is 0.328 e. The summed E-state index contributed by atoms with van der Waals surface area (Å²) in [5.74, 6) is 0. The predicted octanol–water partition coefficient (Wildman–Crippen LogP) is 1.26. The van der Waals surface area contributed by atoms with Crippen LogP contribution in [-0.2, 0) is 6.54 Å². The molecule has 0 aliphatic heterocycles. The fourth-order valence-corrected chi connectivity index (χ4v) is 1.56. The summed E-state index contributed by atoms with van der Waals surface area (Å²) in [5, 5.41) is 8.84. The zero-order chi connectivity index (χ0) is 12.9. The van der Waals surface area contributed by atoms with Crippen LogP contribution in [0.4, 0.5) is 0 Å². The van der Waals surface area contributed by atoms with E-state index in [-0.39, 0.29) is 16.7 Å². The molecular formula is C12H17N3O2. The monoisotopic (exact) mass is 235 g/mol. The lowest BCUT2D eigenvalue weighted by Gasteiger charge is -2.14. The molecule has 1 aromatic rings. The van der Waals surface area contributed by atoms with Gasteiger partial charge in [-0.3, -0.25) is 9.36 Å². The van der Waals surface area contributed by atoms with Crippen LogP contribution in [0.5, 0.6) is 0 Å². The number of hydrogen-bond acceptors (Lipinski definition) is 3. The SMILES string of the molecule is CC(C)(C#N)CCCCn1c(=O)cc[nH]c1=O. The van der Waals surface area contributed by atoms with Crippen molar-refractivity contribution in [1.29, 1.82) is 5.26 Å². The number of aromatic nitrogens is 2. The predicted molar refractivity (Wildman–Crippen MR) is 64.6 cm³/mol. The first kappa shape index (κ1) is 13.2. The Balaban J connectivity index is 2.51. The van der Waals surface area contributed by atoms with Crippen LogP contribution in [0.25, 0.3) is 0 Å². The van der Waals surface area contributed by atoms with Crippen molar-refractivity contribution in [2.75, 3.05) is 0 Å². The van der Waals surface area contributed by atoms with Gasteiger partial charge in [0, 0.05) is 18.8 Å². The lowest BCUT2D eigenvalue weighted by molar-refractivity contribution is 0.413. The lowest BCUT2D eigenvalue weighted by Crippen LogP contribution is -2.33. The molecule has 5 nitrogen and oxygen atoms in total. The van der Waals surface area contributed by atoms with Crippen LogP contribution in [-0.4, -0.2) is 9.55 Å². The van der Waals surface area contributed by atoms with Gasteiger partial charge >= 0.3 is 5.69 Å². The van der Waals surface area contributed by atoms with Crippen LogP contribution in [0.2, 0.25) is 0 Å². The summed E-state index contributed by atoms with van der Waals surface area (Å²) < 4.78 is 1.18. The van der Waals surface area contributed by atoms with Crippen LogP contribution < -0.4 is 11.2 Å². The van der Waals surface area contributed by atoms with E-state index in [0.717, 1.165) is 19.3 Å². The van der Waals surface area contributed by atoms with E-state index < -0.39 is 0 Å². The largest absolute Gasteiger partial charge is 0.328 e. The number of nitrogens with zero attached hydrogens (tertiary/aromatic N) is 2. The quantitative estimate of drug-likeness (QED) is 0.780. The van der Waals surface area contributed by atoms with E-state index >= 15 is 0 Å². The minimum absolute atomic E-state index is 0.284. The number of rotatable bonds is 5. The molecule has 0 fully saturated rings. The second-order valence-electron chi connectivity index (χ2n) is 4.73. The maximum absolute atomic E-state index is 11.4. The van der Waals surface area contributed by atoms with E-state index in [1.165, 1.54) is 16.8 Å². The van der Waals surface area contributed by atoms with E-state index in [1.54, 1.807) is 0 Å². The van der Waals surface area contributed by atoms with E-state index in [0.29, 0.717) is 6.54 Å². The number of aromatic amines is 1. The van der Waals surface area contributed by atoms with Crippen LogP contribution >= 0.6 is 0 Å². The average Bonchev–Trinajstić information content (AvgIpc) is 2.27. The molecule has 1 N–H and O–H groups in total. The summed E-state index contributed by atoms with van der Waals surface area (Å²) >= 11 is 0. The summed E-state index contributed by atoms with van der Waals surface area (Å²) in [6.07, 6.45) is 3.66. The number of nitriles is 1. The van der Waals surface area contributed by atoms with Crippen LogP contribution in [0.3, 0.4) is 0 Å². The molecule has 5 heteroatoms. The van der Waals surface area contributed by atoms with Gasteiger partial charge in [-0.1, -0.05) is 6.42 Å². The Kier molecular flexibility index (Phi) is 4.27. The van der Waals surface area contributed by atoms with E-state index in [4.69, 9.17) is 5.26 Å². The number of H-pyrrole nitrogens is 1. The average molecular weight is 235 g/mol. The van der Waals surface area contributed by atoms with E-state index in [1.807, 2.05) is 13.8 Å². The summed E-state index contributed by atoms with van der Waals surface area (Å²) in [6, 6.07) is 3.56. The minimum atomic E-state index is -0.378. The second-order valence-corrected chi connectivity index (χ2v) is 4.73. The van der Waals surface area contributed by atoms with Gasteiger partial charge in [-0.2, -0.15) is 5.26 Å². The Morgan fingerprint density at radius 2 is 2.12 bits per heavy atom. The molecule has 0 bridgehead atoms. The van der Waals surface area contributed by atoms with Crippen molar-refractivity contribution in [3.05, 3.63) is 33.1 Å². The summed E-state index contributed by atoms with van der Waals surface area (Å²) in [4.78, 5) is 25.2. The van der Waals surface area contributed by atoms with Gasteiger partial charge in [0.15, 0.2) is 0 Å². The number of nitrogens with one attached hydrogen (secondary N) is 1. The van der Waals surface area contributed by atoms with Gasteiger partial charge in [0.25, 0.3) is 5.56 Å². The molecule has 0 unspecified atom stereocenters. The van der Waals surface area contributed by atoms with Crippen molar-refractivity contribution in [1.82, 2.24) is 9.55 Å². The Labute approximate surface area is 99.7 Å². The highest BCUT2D eigenvalue weighted by Gasteiger charge is 2.15. The summed E-state index contributed by atoms with van der Waals surface area (Å²) in [7, 11) is 0. The van der Waals surface area contributed by atoms with Crippen molar-refractivity contribution >= 4 is 0 Å². The topological polar surface area (TPSA) is 78.7 Å². The standard InChI is InChI=1S/C12H17N3O2/c1-12(2,9-13)6-3-4-8-15-10(16)5-7-14-11(15)17/h5,7H,3-4,6,8H2,1-2H3,(H,14,17). The first-order valence-corrected chi connectivity index (χ1v) is 5.66. The number of hydrogen-bond donors (Lipinski definition) is 1. The highest BCUT2D eigenvalue weighted by Crippen LogP contribution is 2.21. The first-order chi connectivity index (χ1) is 7.96. The summed E-state index contributed by atoms with van der Waals surface area (Å²) in [5.41, 5.74) is -1.00. The van der Waals surface area contributed by atoms with Crippen molar-refractivity contribution in [3.8, 4) is 6.07 Å². The van der Waals surface area contributed by atoms with E-state index in [9.17, 15) is 9.59 Å². The molecule has 0 aromatic carbocycles. The molecule has 0 atom stereocenters. The van der Waals surface area contributed by atoms with Gasteiger partial charge in [0.2, 0.25) is 0 Å². The molecule has 0 radical (unpaired) electrons. The molecule has 1 aromatic heterocycles.